The highest BCUT2D eigenvalue weighted by Gasteiger charge is 2.25. The van der Waals surface area contributed by atoms with Crippen molar-refractivity contribution in [2.24, 2.45) is 0 Å². The highest BCUT2D eigenvalue weighted by Crippen LogP contribution is 2.32. The standard InChI is InChI=1S/C25H35N3O5S/c1-19(2)33-17-7-14-27(3)21-12-15-28(16-13-21)24-11-10-20(25(29)30)18-23(24)26-34(31,32)22-8-5-4-6-9-22/h4-6,8-11,18-19,21,26H,7,12-17H2,1-3H3,(H,29,30). The van der Waals surface area contributed by atoms with Crippen LogP contribution in [0.1, 0.15) is 43.5 Å². The monoisotopic (exact) mass is 489 g/mol. The van der Waals surface area contributed by atoms with Gasteiger partial charge in [-0.25, -0.2) is 13.2 Å². The summed E-state index contributed by atoms with van der Waals surface area (Å²) < 4.78 is 34.1. The molecule has 8 nitrogen and oxygen atoms in total. The van der Waals surface area contributed by atoms with Crippen LogP contribution in [0, 0.1) is 0 Å². The maximum atomic E-state index is 12.9. The molecule has 1 saturated heterocycles. The van der Waals surface area contributed by atoms with Gasteiger partial charge in [-0.05, 0) is 70.5 Å². The Morgan fingerprint density at radius 3 is 2.47 bits per heavy atom. The van der Waals surface area contributed by atoms with E-state index in [0.29, 0.717) is 11.7 Å². The van der Waals surface area contributed by atoms with E-state index in [1.54, 1.807) is 24.3 Å². The molecule has 2 aromatic rings. The van der Waals surface area contributed by atoms with Gasteiger partial charge in [0.15, 0.2) is 0 Å². The number of sulfonamides is 1. The van der Waals surface area contributed by atoms with Crippen LogP contribution in [0.3, 0.4) is 0 Å². The molecule has 0 aliphatic carbocycles. The molecule has 3 rings (SSSR count). The minimum atomic E-state index is -3.85. The van der Waals surface area contributed by atoms with Crippen molar-refractivity contribution >= 4 is 27.4 Å². The van der Waals surface area contributed by atoms with Gasteiger partial charge in [0.05, 0.1) is 27.9 Å². The Hall–Kier alpha value is -2.62. The first-order chi connectivity index (χ1) is 16.2. The third-order valence-electron chi connectivity index (χ3n) is 6.08. The zero-order valence-electron chi connectivity index (χ0n) is 20.1. The van der Waals surface area contributed by atoms with Gasteiger partial charge in [-0.3, -0.25) is 4.72 Å². The molecule has 0 spiro atoms. The van der Waals surface area contributed by atoms with Crippen molar-refractivity contribution in [1.29, 1.82) is 0 Å². The first kappa shape index (κ1) is 26.0. The number of hydrogen-bond donors (Lipinski definition) is 2. The fourth-order valence-corrected chi connectivity index (χ4v) is 5.28. The van der Waals surface area contributed by atoms with E-state index in [0.717, 1.165) is 45.5 Å². The molecule has 2 N–H and O–H groups in total. The zero-order chi connectivity index (χ0) is 24.7. The molecule has 0 radical (unpaired) electrons. The molecule has 1 aliphatic heterocycles. The molecule has 0 aromatic heterocycles. The van der Waals surface area contributed by atoms with E-state index in [9.17, 15) is 18.3 Å². The summed E-state index contributed by atoms with van der Waals surface area (Å²) in [6, 6.07) is 13.1. The average molecular weight is 490 g/mol. The van der Waals surface area contributed by atoms with Crippen LogP contribution >= 0.6 is 0 Å². The highest BCUT2D eigenvalue weighted by molar-refractivity contribution is 7.92. The van der Waals surface area contributed by atoms with Crippen molar-refractivity contribution in [3.8, 4) is 0 Å². The first-order valence-electron chi connectivity index (χ1n) is 11.7. The summed E-state index contributed by atoms with van der Waals surface area (Å²) in [7, 11) is -1.71. The number of carboxylic acid groups (broad SMARTS) is 1. The minimum Gasteiger partial charge on any atom is -0.478 e. The maximum absolute atomic E-state index is 12.9. The molecule has 0 saturated carbocycles. The third kappa shape index (κ3) is 6.94. The SMILES string of the molecule is CC(C)OCCCN(C)C1CCN(c2ccc(C(=O)O)cc2NS(=O)(=O)c2ccccc2)CC1. The second-order valence-electron chi connectivity index (χ2n) is 8.93. The van der Waals surface area contributed by atoms with Gasteiger partial charge in [0.25, 0.3) is 10.0 Å². The van der Waals surface area contributed by atoms with Crippen LogP contribution in [0.4, 0.5) is 11.4 Å². The number of aromatic carboxylic acids is 1. The molecule has 0 amide bonds. The molecule has 9 heteroatoms. The van der Waals surface area contributed by atoms with Gasteiger partial charge < -0.3 is 19.6 Å². The van der Waals surface area contributed by atoms with Crippen LogP contribution < -0.4 is 9.62 Å². The van der Waals surface area contributed by atoms with Gasteiger partial charge in [0.2, 0.25) is 0 Å². The van der Waals surface area contributed by atoms with Crippen molar-refractivity contribution in [3.05, 3.63) is 54.1 Å². The molecule has 1 heterocycles. The number of nitrogens with one attached hydrogen (secondary N) is 1. The van der Waals surface area contributed by atoms with Gasteiger partial charge in [0, 0.05) is 32.3 Å². The van der Waals surface area contributed by atoms with Crippen molar-refractivity contribution in [3.63, 3.8) is 0 Å². The zero-order valence-corrected chi connectivity index (χ0v) is 20.9. The van der Waals surface area contributed by atoms with E-state index in [2.05, 4.69) is 21.6 Å². The van der Waals surface area contributed by atoms with Crippen molar-refractivity contribution in [1.82, 2.24) is 4.90 Å². The first-order valence-corrected chi connectivity index (χ1v) is 13.2. The maximum Gasteiger partial charge on any atom is 0.335 e. The van der Waals surface area contributed by atoms with Crippen LogP contribution in [0.25, 0.3) is 0 Å². The topological polar surface area (TPSA) is 99.2 Å². The number of ether oxygens (including phenoxy) is 1. The van der Waals surface area contributed by atoms with E-state index in [-0.39, 0.29) is 22.3 Å². The van der Waals surface area contributed by atoms with E-state index in [4.69, 9.17) is 4.74 Å². The van der Waals surface area contributed by atoms with Crippen molar-refractivity contribution in [2.75, 3.05) is 42.9 Å². The number of carboxylic acids is 1. The quantitative estimate of drug-likeness (QED) is 0.462. The molecule has 0 unspecified atom stereocenters. The molecule has 1 fully saturated rings. The molecule has 0 bridgehead atoms. The Morgan fingerprint density at radius 2 is 1.85 bits per heavy atom. The Labute approximate surface area is 202 Å². The summed E-state index contributed by atoms with van der Waals surface area (Å²) in [5.74, 6) is -1.10. The van der Waals surface area contributed by atoms with Gasteiger partial charge in [-0.2, -0.15) is 0 Å². The second-order valence-corrected chi connectivity index (χ2v) is 10.6. The number of rotatable bonds is 11. The van der Waals surface area contributed by atoms with Gasteiger partial charge in [-0.15, -0.1) is 0 Å². The van der Waals surface area contributed by atoms with Crippen LogP contribution in [-0.4, -0.2) is 69.8 Å². The summed E-state index contributed by atoms with van der Waals surface area (Å²) in [6.07, 6.45) is 3.10. The molecule has 34 heavy (non-hydrogen) atoms. The summed E-state index contributed by atoms with van der Waals surface area (Å²) in [5.41, 5.74) is 1.00. The lowest BCUT2D eigenvalue weighted by Crippen LogP contribution is -2.44. The number of hydrogen-bond acceptors (Lipinski definition) is 6. The largest absolute Gasteiger partial charge is 0.478 e. The minimum absolute atomic E-state index is 0.0350. The highest BCUT2D eigenvalue weighted by atomic mass is 32.2. The average Bonchev–Trinajstić information content (AvgIpc) is 2.82. The smallest absolute Gasteiger partial charge is 0.335 e. The Morgan fingerprint density at radius 1 is 1.18 bits per heavy atom. The van der Waals surface area contributed by atoms with Crippen molar-refractivity contribution in [2.45, 2.75) is 50.2 Å². The lowest BCUT2D eigenvalue weighted by atomic mass is 10.0. The van der Waals surface area contributed by atoms with E-state index >= 15 is 0 Å². The van der Waals surface area contributed by atoms with Crippen LogP contribution in [0.2, 0.25) is 0 Å². The normalized spacial score (nSPS) is 15.1. The lowest BCUT2D eigenvalue weighted by Gasteiger charge is -2.38. The van der Waals surface area contributed by atoms with E-state index in [1.165, 1.54) is 24.3 Å². The van der Waals surface area contributed by atoms with E-state index in [1.807, 2.05) is 13.8 Å². The molecule has 186 valence electrons. The predicted molar refractivity (Wildman–Crippen MR) is 134 cm³/mol. The predicted octanol–water partition coefficient (Wildman–Crippen LogP) is 3.90. The second kappa shape index (κ2) is 11.7. The van der Waals surface area contributed by atoms with E-state index < -0.39 is 16.0 Å². The Bertz CT molecular complexity index is 1050. The number of anilines is 2. The van der Waals surface area contributed by atoms with Gasteiger partial charge >= 0.3 is 5.97 Å². The molecular formula is C25H35N3O5S. The van der Waals surface area contributed by atoms with Gasteiger partial charge in [-0.1, -0.05) is 18.2 Å². The van der Waals surface area contributed by atoms with Crippen LogP contribution in [-0.2, 0) is 14.8 Å². The lowest BCUT2D eigenvalue weighted by molar-refractivity contribution is 0.0681. The van der Waals surface area contributed by atoms with Gasteiger partial charge in [0.1, 0.15) is 0 Å². The Balaban J connectivity index is 1.70. The number of carbonyl (C=O) groups is 1. The Kier molecular flexibility index (Phi) is 8.93. The summed E-state index contributed by atoms with van der Waals surface area (Å²) in [6.45, 7) is 7.30. The molecule has 0 atom stereocenters. The molecular weight excluding hydrogens is 454 g/mol. The summed E-state index contributed by atoms with van der Waals surface area (Å²) in [4.78, 5) is 16.2. The number of piperidine rings is 1. The number of nitrogens with zero attached hydrogens (tertiary/aromatic N) is 2. The summed E-state index contributed by atoms with van der Waals surface area (Å²) >= 11 is 0. The van der Waals surface area contributed by atoms with Crippen LogP contribution in [0.15, 0.2) is 53.4 Å². The fourth-order valence-electron chi connectivity index (χ4n) is 4.19. The number of benzene rings is 2. The summed E-state index contributed by atoms with van der Waals surface area (Å²) in [5, 5.41) is 9.44. The van der Waals surface area contributed by atoms with Crippen LogP contribution in [0.5, 0.6) is 0 Å². The molecule has 1 aliphatic rings. The van der Waals surface area contributed by atoms with Crippen molar-refractivity contribution < 1.29 is 23.1 Å². The third-order valence-corrected chi connectivity index (χ3v) is 7.46. The molecule has 2 aromatic carbocycles. The fraction of sp³-hybridized carbons (Fsp3) is 0.480.